The predicted octanol–water partition coefficient (Wildman–Crippen LogP) is 3.23. The van der Waals surface area contributed by atoms with E-state index in [-0.39, 0.29) is 11.9 Å². The molecule has 20 heavy (non-hydrogen) atoms. The lowest BCUT2D eigenvalue weighted by atomic mass is 9.98. The van der Waals surface area contributed by atoms with Gasteiger partial charge in [0.2, 0.25) is 0 Å². The highest BCUT2D eigenvalue weighted by Gasteiger charge is 2.13. The van der Waals surface area contributed by atoms with Crippen molar-refractivity contribution in [2.75, 3.05) is 33.5 Å². The zero-order valence-electron chi connectivity index (χ0n) is 12.7. The molecule has 0 bridgehead atoms. The fourth-order valence-electron chi connectivity index (χ4n) is 2.16. The number of benzene rings is 1. The molecule has 0 saturated heterocycles. The van der Waals surface area contributed by atoms with Crippen molar-refractivity contribution in [3.63, 3.8) is 0 Å². The summed E-state index contributed by atoms with van der Waals surface area (Å²) in [6, 6.07) is 5.18. The van der Waals surface area contributed by atoms with Crippen molar-refractivity contribution in [3.8, 4) is 0 Å². The van der Waals surface area contributed by atoms with Crippen LogP contribution in [-0.4, -0.2) is 33.5 Å². The van der Waals surface area contributed by atoms with Crippen LogP contribution in [0.2, 0.25) is 0 Å². The summed E-state index contributed by atoms with van der Waals surface area (Å²) < 4.78 is 23.7. The maximum atomic E-state index is 13.2. The molecule has 1 aromatic rings. The van der Waals surface area contributed by atoms with Gasteiger partial charge in [-0.1, -0.05) is 13.0 Å². The molecule has 1 atom stereocenters. The molecule has 0 aliphatic rings. The molecule has 3 nitrogen and oxygen atoms in total. The van der Waals surface area contributed by atoms with Gasteiger partial charge >= 0.3 is 0 Å². The minimum Gasteiger partial charge on any atom is -0.382 e. The third kappa shape index (κ3) is 5.99. The number of rotatable bonds is 10. The highest BCUT2D eigenvalue weighted by atomic mass is 19.1. The molecule has 0 radical (unpaired) electrons. The van der Waals surface area contributed by atoms with Crippen LogP contribution in [0.5, 0.6) is 0 Å². The molecule has 0 spiro atoms. The van der Waals surface area contributed by atoms with E-state index in [9.17, 15) is 4.39 Å². The molecule has 0 amide bonds. The molecular weight excluding hydrogens is 257 g/mol. The van der Waals surface area contributed by atoms with Gasteiger partial charge in [0, 0.05) is 19.8 Å². The van der Waals surface area contributed by atoms with E-state index in [0.29, 0.717) is 19.8 Å². The van der Waals surface area contributed by atoms with Crippen LogP contribution in [0.3, 0.4) is 0 Å². The molecule has 114 valence electrons. The van der Waals surface area contributed by atoms with Crippen LogP contribution in [-0.2, 0) is 9.47 Å². The summed E-state index contributed by atoms with van der Waals surface area (Å²) in [7, 11) is 1.66. The SMILES string of the molecule is CCCNC(CCOCCOC)c1ccc(F)cc1C. The first-order valence-corrected chi connectivity index (χ1v) is 7.25. The normalized spacial score (nSPS) is 12.6. The minimum atomic E-state index is -0.183. The second-order valence-electron chi connectivity index (χ2n) is 4.90. The lowest BCUT2D eigenvalue weighted by molar-refractivity contribution is 0.0657. The molecule has 0 saturated carbocycles. The monoisotopic (exact) mass is 283 g/mol. The van der Waals surface area contributed by atoms with Gasteiger partial charge in [0.15, 0.2) is 0 Å². The van der Waals surface area contributed by atoms with E-state index in [2.05, 4.69) is 12.2 Å². The van der Waals surface area contributed by atoms with Gasteiger partial charge in [-0.05, 0) is 49.6 Å². The summed E-state index contributed by atoms with van der Waals surface area (Å²) in [4.78, 5) is 0. The van der Waals surface area contributed by atoms with Gasteiger partial charge in [-0.25, -0.2) is 4.39 Å². The Hall–Kier alpha value is -0.970. The van der Waals surface area contributed by atoms with Gasteiger partial charge in [-0.15, -0.1) is 0 Å². The van der Waals surface area contributed by atoms with E-state index in [1.54, 1.807) is 13.2 Å². The first-order valence-electron chi connectivity index (χ1n) is 7.25. The minimum absolute atomic E-state index is 0.183. The number of ether oxygens (including phenoxy) is 2. The lowest BCUT2D eigenvalue weighted by Gasteiger charge is -2.21. The van der Waals surface area contributed by atoms with Crippen molar-refractivity contribution in [1.29, 1.82) is 0 Å². The fraction of sp³-hybridized carbons (Fsp3) is 0.625. The molecule has 0 aliphatic carbocycles. The van der Waals surface area contributed by atoms with Crippen LogP contribution >= 0.6 is 0 Å². The summed E-state index contributed by atoms with van der Waals surface area (Å²) in [6.45, 7) is 6.92. The molecule has 1 N–H and O–H groups in total. The Morgan fingerprint density at radius 1 is 1.25 bits per heavy atom. The van der Waals surface area contributed by atoms with Crippen LogP contribution in [0.25, 0.3) is 0 Å². The van der Waals surface area contributed by atoms with Crippen LogP contribution in [0, 0.1) is 12.7 Å². The summed E-state index contributed by atoms with van der Waals surface area (Å²) in [5, 5.41) is 3.50. The highest BCUT2D eigenvalue weighted by molar-refractivity contribution is 5.29. The Kier molecular flexibility index (Phi) is 8.42. The Balaban J connectivity index is 2.58. The molecule has 4 heteroatoms. The van der Waals surface area contributed by atoms with Crippen molar-refractivity contribution >= 4 is 0 Å². The van der Waals surface area contributed by atoms with E-state index in [4.69, 9.17) is 9.47 Å². The van der Waals surface area contributed by atoms with Crippen molar-refractivity contribution in [3.05, 3.63) is 35.1 Å². The Morgan fingerprint density at radius 2 is 2.05 bits per heavy atom. The van der Waals surface area contributed by atoms with Gasteiger partial charge in [0.1, 0.15) is 5.82 Å². The average molecular weight is 283 g/mol. The number of hydrogen-bond acceptors (Lipinski definition) is 3. The smallest absolute Gasteiger partial charge is 0.123 e. The van der Waals surface area contributed by atoms with Gasteiger partial charge in [0.05, 0.1) is 13.2 Å². The number of hydrogen-bond donors (Lipinski definition) is 1. The second-order valence-corrected chi connectivity index (χ2v) is 4.90. The predicted molar refractivity (Wildman–Crippen MR) is 79.5 cm³/mol. The van der Waals surface area contributed by atoms with E-state index in [1.165, 1.54) is 6.07 Å². The van der Waals surface area contributed by atoms with Gasteiger partial charge in [-0.3, -0.25) is 0 Å². The van der Waals surface area contributed by atoms with Crippen molar-refractivity contribution in [2.45, 2.75) is 32.7 Å². The molecular formula is C16H26FNO2. The highest BCUT2D eigenvalue weighted by Crippen LogP contribution is 2.21. The molecule has 1 rings (SSSR count). The lowest BCUT2D eigenvalue weighted by Crippen LogP contribution is -2.24. The molecule has 0 aromatic heterocycles. The third-order valence-corrected chi connectivity index (χ3v) is 3.23. The molecule has 1 unspecified atom stereocenters. The summed E-state index contributed by atoms with van der Waals surface area (Å²) >= 11 is 0. The number of nitrogens with one attached hydrogen (secondary N) is 1. The van der Waals surface area contributed by atoms with Crippen LogP contribution in [0.15, 0.2) is 18.2 Å². The number of aryl methyl sites for hydroxylation is 1. The molecule has 1 aromatic carbocycles. The first-order chi connectivity index (χ1) is 9.69. The molecule has 0 fully saturated rings. The van der Waals surface area contributed by atoms with Gasteiger partial charge in [0.25, 0.3) is 0 Å². The molecule has 0 heterocycles. The summed E-state index contributed by atoms with van der Waals surface area (Å²) in [5.41, 5.74) is 2.13. The van der Waals surface area contributed by atoms with E-state index in [1.807, 2.05) is 13.0 Å². The second kappa shape index (κ2) is 9.86. The average Bonchev–Trinajstić information content (AvgIpc) is 2.43. The van der Waals surface area contributed by atoms with Crippen LogP contribution in [0.1, 0.15) is 36.9 Å². The van der Waals surface area contributed by atoms with E-state index in [0.717, 1.165) is 30.5 Å². The third-order valence-electron chi connectivity index (χ3n) is 3.23. The largest absolute Gasteiger partial charge is 0.382 e. The first kappa shape index (κ1) is 17.1. The fourth-order valence-corrected chi connectivity index (χ4v) is 2.16. The standard InChI is InChI=1S/C16H26FNO2/c1-4-8-18-16(7-9-20-11-10-19-3)15-6-5-14(17)12-13(15)2/h5-6,12,16,18H,4,7-11H2,1-3H3. The Labute approximate surface area is 121 Å². The van der Waals surface area contributed by atoms with E-state index < -0.39 is 0 Å². The van der Waals surface area contributed by atoms with Crippen LogP contribution in [0.4, 0.5) is 4.39 Å². The maximum absolute atomic E-state index is 13.2. The Bertz CT molecular complexity index is 385. The van der Waals surface area contributed by atoms with Crippen molar-refractivity contribution in [1.82, 2.24) is 5.32 Å². The van der Waals surface area contributed by atoms with Gasteiger partial charge < -0.3 is 14.8 Å². The summed E-state index contributed by atoms with van der Waals surface area (Å²) in [5.74, 6) is -0.183. The zero-order valence-corrected chi connectivity index (χ0v) is 12.7. The topological polar surface area (TPSA) is 30.5 Å². The Morgan fingerprint density at radius 3 is 2.70 bits per heavy atom. The number of methoxy groups -OCH3 is 1. The van der Waals surface area contributed by atoms with Crippen molar-refractivity contribution < 1.29 is 13.9 Å². The summed E-state index contributed by atoms with van der Waals surface area (Å²) in [6.07, 6.45) is 1.94. The number of halogens is 1. The molecule has 0 aliphatic heterocycles. The van der Waals surface area contributed by atoms with Crippen LogP contribution < -0.4 is 5.32 Å². The maximum Gasteiger partial charge on any atom is 0.123 e. The van der Waals surface area contributed by atoms with Gasteiger partial charge in [-0.2, -0.15) is 0 Å². The zero-order chi connectivity index (χ0) is 14.8. The van der Waals surface area contributed by atoms with E-state index >= 15 is 0 Å². The van der Waals surface area contributed by atoms with Crippen molar-refractivity contribution in [2.24, 2.45) is 0 Å². The quantitative estimate of drug-likeness (QED) is 0.669.